The van der Waals surface area contributed by atoms with E-state index in [4.69, 9.17) is 0 Å². The van der Waals surface area contributed by atoms with Gasteiger partial charge in [-0.2, -0.15) is 13.2 Å². The van der Waals surface area contributed by atoms with E-state index in [2.05, 4.69) is 15.6 Å². The van der Waals surface area contributed by atoms with Crippen LogP contribution < -0.4 is 10.6 Å². The fraction of sp³-hybridized carbons (Fsp3) is 0.208. The molecule has 0 aliphatic rings. The van der Waals surface area contributed by atoms with Gasteiger partial charge in [-0.1, -0.05) is 18.2 Å². The van der Waals surface area contributed by atoms with E-state index in [9.17, 15) is 22.8 Å². The highest BCUT2D eigenvalue weighted by Crippen LogP contribution is 2.31. The summed E-state index contributed by atoms with van der Waals surface area (Å²) in [4.78, 5) is 30.8. The molecular weight excluding hydrogens is 433 g/mol. The van der Waals surface area contributed by atoms with Crippen molar-refractivity contribution < 1.29 is 22.8 Å². The van der Waals surface area contributed by atoms with Crippen LogP contribution in [0.3, 0.4) is 0 Å². The number of likely N-dealkylation sites (N-methyl/N-ethyl adjacent to an activating group) is 1. The first kappa shape index (κ1) is 23.8. The largest absolute Gasteiger partial charge is 0.416 e. The van der Waals surface area contributed by atoms with Crippen LogP contribution in [0.1, 0.15) is 27.0 Å². The number of aromatic nitrogens is 1. The monoisotopic (exact) mass is 456 g/mol. The molecule has 1 aromatic heterocycles. The normalized spacial score (nSPS) is 11.1. The lowest BCUT2D eigenvalue weighted by molar-refractivity contribution is -0.137. The van der Waals surface area contributed by atoms with Crippen molar-refractivity contribution in [1.82, 2.24) is 9.88 Å². The first-order valence-electron chi connectivity index (χ1n) is 10.1. The third-order valence-corrected chi connectivity index (χ3v) is 5.10. The molecule has 3 rings (SSSR count). The van der Waals surface area contributed by atoms with Crippen LogP contribution in [0.15, 0.2) is 60.8 Å². The van der Waals surface area contributed by atoms with Gasteiger partial charge in [-0.3, -0.25) is 9.59 Å². The zero-order valence-electron chi connectivity index (χ0n) is 18.3. The number of halogens is 3. The molecule has 6 nitrogen and oxygen atoms in total. The quantitative estimate of drug-likeness (QED) is 0.537. The molecule has 0 bridgehead atoms. The molecule has 0 unspecified atom stereocenters. The zero-order chi connectivity index (χ0) is 24.2. The Kier molecular flexibility index (Phi) is 7.01. The predicted molar refractivity (Wildman–Crippen MR) is 120 cm³/mol. The number of aryl methyl sites for hydroxylation is 1. The fourth-order valence-electron chi connectivity index (χ4n) is 3.16. The maximum atomic E-state index is 13.0. The van der Waals surface area contributed by atoms with Gasteiger partial charge in [0.1, 0.15) is 5.82 Å². The van der Waals surface area contributed by atoms with Crippen LogP contribution in [0.2, 0.25) is 0 Å². The Hall–Kier alpha value is -3.88. The Balaban J connectivity index is 1.74. The molecule has 2 N–H and O–H groups in total. The number of pyridine rings is 1. The first-order valence-corrected chi connectivity index (χ1v) is 10.1. The number of anilines is 3. The minimum absolute atomic E-state index is 0.0867. The summed E-state index contributed by atoms with van der Waals surface area (Å²) in [5.74, 6) is -0.798. The molecule has 9 heteroatoms. The van der Waals surface area contributed by atoms with Crippen LogP contribution in [0.25, 0.3) is 0 Å². The zero-order valence-corrected chi connectivity index (χ0v) is 18.3. The summed E-state index contributed by atoms with van der Waals surface area (Å²) in [5, 5.41) is 5.56. The summed E-state index contributed by atoms with van der Waals surface area (Å²) >= 11 is 0. The van der Waals surface area contributed by atoms with E-state index in [0.717, 1.165) is 23.3 Å². The highest BCUT2D eigenvalue weighted by molar-refractivity contribution is 6.02. The summed E-state index contributed by atoms with van der Waals surface area (Å²) in [7, 11) is 1.46. The smallest absolute Gasteiger partial charge is 0.340 e. The molecule has 0 aliphatic heterocycles. The molecule has 0 saturated heterocycles. The molecule has 172 valence electrons. The Morgan fingerprint density at radius 3 is 2.48 bits per heavy atom. The molecule has 2 amide bonds. The van der Waals surface area contributed by atoms with Gasteiger partial charge in [0.15, 0.2) is 0 Å². The van der Waals surface area contributed by atoms with Crippen molar-refractivity contribution in [3.05, 3.63) is 83.0 Å². The molecule has 0 aliphatic carbocycles. The lowest BCUT2D eigenvalue weighted by Crippen LogP contribution is -2.35. The average molecular weight is 456 g/mol. The van der Waals surface area contributed by atoms with Gasteiger partial charge in [0.05, 0.1) is 17.7 Å². The number of nitrogens with zero attached hydrogens (tertiary/aromatic N) is 2. The molecule has 0 saturated carbocycles. The summed E-state index contributed by atoms with van der Waals surface area (Å²) in [6, 6.07) is 13.2. The summed E-state index contributed by atoms with van der Waals surface area (Å²) in [6.45, 7) is 3.60. The number of benzene rings is 2. The van der Waals surface area contributed by atoms with Gasteiger partial charge in [0, 0.05) is 24.6 Å². The SMILES string of the molecule is Cc1cccc(NC(=O)CN(C)C(=O)c2cccnc2Nc2cccc(C(F)(F)F)c2)c1C. The second-order valence-corrected chi connectivity index (χ2v) is 7.56. The fourth-order valence-corrected chi connectivity index (χ4v) is 3.16. The number of nitrogens with one attached hydrogen (secondary N) is 2. The van der Waals surface area contributed by atoms with Crippen molar-refractivity contribution in [3.8, 4) is 0 Å². The minimum Gasteiger partial charge on any atom is -0.340 e. The standard InChI is InChI=1S/C24H23F3N4O2/c1-15-7-4-11-20(16(15)2)30-21(32)14-31(3)23(33)19-10-6-12-28-22(19)29-18-9-5-8-17(13-18)24(25,26)27/h4-13H,14H2,1-3H3,(H,28,29)(H,30,32). The maximum absolute atomic E-state index is 13.0. The third-order valence-electron chi connectivity index (χ3n) is 5.10. The second-order valence-electron chi connectivity index (χ2n) is 7.56. The van der Waals surface area contributed by atoms with E-state index in [1.165, 1.54) is 42.4 Å². The Labute approximate surface area is 189 Å². The molecule has 0 atom stereocenters. The molecule has 33 heavy (non-hydrogen) atoms. The molecule has 0 radical (unpaired) electrons. The van der Waals surface area contributed by atoms with Gasteiger partial charge in [-0.15, -0.1) is 0 Å². The van der Waals surface area contributed by atoms with Crippen LogP contribution in [-0.4, -0.2) is 35.3 Å². The molecule has 0 spiro atoms. The van der Waals surface area contributed by atoms with Gasteiger partial charge in [0.25, 0.3) is 5.91 Å². The number of rotatable bonds is 6. The van der Waals surface area contributed by atoms with Gasteiger partial charge in [-0.25, -0.2) is 4.98 Å². The van der Waals surface area contributed by atoms with Crippen molar-refractivity contribution in [2.45, 2.75) is 20.0 Å². The maximum Gasteiger partial charge on any atom is 0.416 e. The van der Waals surface area contributed by atoms with Crippen molar-refractivity contribution in [3.63, 3.8) is 0 Å². The van der Waals surface area contributed by atoms with Crippen LogP contribution >= 0.6 is 0 Å². The number of carbonyl (C=O) groups excluding carboxylic acids is 2. The molecule has 1 heterocycles. The van der Waals surface area contributed by atoms with E-state index in [0.29, 0.717) is 5.69 Å². The number of hydrogen-bond acceptors (Lipinski definition) is 4. The highest BCUT2D eigenvalue weighted by Gasteiger charge is 2.30. The Morgan fingerprint density at radius 2 is 1.76 bits per heavy atom. The lowest BCUT2D eigenvalue weighted by Gasteiger charge is -2.19. The number of alkyl halides is 3. The molecule has 2 aromatic carbocycles. The molecular formula is C24H23F3N4O2. The van der Waals surface area contributed by atoms with E-state index >= 15 is 0 Å². The van der Waals surface area contributed by atoms with Gasteiger partial charge < -0.3 is 15.5 Å². The van der Waals surface area contributed by atoms with Crippen LogP contribution in [0.4, 0.5) is 30.4 Å². The molecule has 3 aromatic rings. The lowest BCUT2D eigenvalue weighted by atomic mass is 10.1. The summed E-state index contributed by atoms with van der Waals surface area (Å²) < 4.78 is 39.0. The molecule has 0 fully saturated rings. The highest BCUT2D eigenvalue weighted by atomic mass is 19.4. The van der Waals surface area contributed by atoms with Crippen LogP contribution in [0, 0.1) is 13.8 Å². The average Bonchev–Trinajstić information content (AvgIpc) is 2.76. The topological polar surface area (TPSA) is 74.3 Å². The third kappa shape index (κ3) is 5.88. The van der Waals surface area contributed by atoms with E-state index in [-0.39, 0.29) is 29.5 Å². The van der Waals surface area contributed by atoms with Crippen LogP contribution in [0.5, 0.6) is 0 Å². The van der Waals surface area contributed by atoms with Crippen LogP contribution in [-0.2, 0) is 11.0 Å². The summed E-state index contributed by atoms with van der Waals surface area (Å²) in [6.07, 6.45) is -3.08. The van der Waals surface area contributed by atoms with Gasteiger partial charge in [-0.05, 0) is 61.4 Å². The number of amides is 2. The Morgan fingerprint density at radius 1 is 1.03 bits per heavy atom. The summed E-state index contributed by atoms with van der Waals surface area (Å²) in [5.41, 5.74) is 2.05. The predicted octanol–water partition coefficient (Wildman–Crippen LogP) is 5.17. The van der Waals surface area contributed by atoms with E-state index < -0.39 is 17.6 Å². The van der Waals surface area contributed by atoms with Gasteiger partial charge >= 0.3 is 6.18 Å². The number of hydrogen-bond donors (Lipinski definition) is 2. The van der Waals surface area contributed by atoms with Gasteiger partial charge in [0.2, 0.25) is 5.91 Å². The van der Waals surface area contributed by atoms with E-state index in [1.807, 2.05) is 26.0 Å². The van der Waals surface area contributed by atoms with Crippen molar-refractivity contribution >= 4 is 29.0 Å². The van der Waals surface area contributed by atoms with Crippen molar-refractivity contribution in [2.75, 3.05) is 24.2 Å². The van der Waals surface area contributed by atoms with E-state index in [1.54, 1.807) is 6.07 Å². The minimum atomic E-state index is -4.50. The number of carbonyl (C=O) groups is 2. The first-order chi connectivity index (χ1) is 15.6. The Bertz CT molecular complexity index is 1180. The second kappa shape index (κ2) is 9.72. The van der Waals surface area contributed by atoms with Crippen molar-refractivity contribution in [1.29, 1.82) is 0 Å². The van der Waals surface area contributed by atoms with Crippen molar-refractivity contribution in [2.24, 2.45) is 0 Å².